The predicted molar refractivity (Wildman–Crippen MR) is 17.8 cm³/mol. The minimum absolute atomic E-state index is 0. The molecule has 0 N–H and O–H groups in total. The van der Waals surface area contributed by atoms with Gasteiger partial charge in [0.05, 0.1) is 0 Å². The van der Waals surface area contributed by atoms with Crippen LogP contribution in [0.4, 0.5) is 0 Å². The van der Waals surface area contributed by atoms with Crippen molar-refractivity contribution in [3.8, 4) is 0 Å². The molecule has 0 rings (SSSR count). The molecule has 0 bridgehead atoms. The lowest BCUT2D eigenvalue weighted by molar-refractivity contribution is -0.461. The van der Waals surface area contributed by atoms with Gasteiger partial charge in [0.25, 0.3) is 0 Å². The molecule has 0 amide bonds. The minimum atomic E-state index is 0. The molecule has 0 atom stereocenters. The summed E-state index contributed by atoms with van der Waals surface area (Å²) in [4.78, 5) is 9.31. The molecular formula is C3H6ClNO. The van der Waals surface area contributed by atoms with Gasteiger partial charge in [-0.15, -0.1) is 0 Å². The number of hydrogen-bond acceptors (Lipinski definition) is 1. The van der Waals surface area contributed by atoms with Gasteiger partial charge in [0.2, 0.25) is 0 Å². The van der Waals surface area contributed by atoms with E-state index in [0.29, 0.717) is 0 Å². The molecule has 0 aromatic rings. The Balaban J connectivity index is 0. The highest BCUT2D eigenvalue weighted by atomic mass is 35.5. The van der Waals surface area contributed by atoms with Gasteiger partial charge >= 0.3 is 6.08 Å². The van der Waals surface area contributed by atoms with Crippen molar-refractivity contribution >= 4 is 6.08 Å². The van der Waals surface area contributed by atoms with Gasteiger partial charge in [-0.3, -0.25) is 0 Å². The first-order valence-corrected chi connectivity index (χ1v) is 1.32. The van der Waals surface area contributed by atoms with Crippen molar-refractivity contribution < 1.29 is 21.8 Å². The Hall–Kier alpha value is -0.330. The zero-order chi connectivity index (χ0) is 4.28. The molecule has 36 valence electrons. The number of nitrogens with zero attached hydrogens (tertiary/aromatic N) is 1. The van der Waals surface area contributed by atoms with E-state index in [4.69, 9.17) is 0 Å². The maximum absolute atomic E-state index is 9.31. The van der Waals surface area contributed by atoms with E-state index in [1.54, 1.807) is 20.2 Å². The van der Waals surface area contributed by atoms with Gasteiger partial charge in [0, 0.05) is 0 Å². The average molecular weight is 108 g/mol. The van der Waals surface area contributed by atoms with Crippen molar-refractivity contribution in [3.63, 3.8) is 0 Å². The number of halogens is 1. The van der Waals surface area contributed by atoms with E-state index in [-0.39, 0.29) is 12.4 Å². The summed E-state index contributed by atoms with van der Waals surface area (Å²) in [5.74, 6) is 0. The van der Waals surface area contributed by atoms with Crippen LogP contribution < -0.4 is 12.4 Å². The normalized spacial score (nSPS) is 5.00. The summed E-state index contributed by atoms with van der Waals surface area (Å²) in [6.07, 6.45) is 1.61. The third kappa shape index (κ3) is 9.38. The molecule has 0 fully saturated rings. The lowest BCUT2D eigenvalue weighted by atomic mass is 11.1. The van der Waals surface area contributed by atoms with Crippen LogP contribution in [0.5, 0.6) is 0 Å². The van der Waals surface area contributed by atoms with Crippen molar-refractivity contribution in [2.75, 3.05) is 14.1 Å². The van der Waals surface area contributed by atoms with Crippen LogP contribution >= 0.6 is 0 Å². The van der Waals surface area contributed by atoms with Gasteiger partial charge in [0.15, 0.2) is 0 Å². The van der Waals surface area contributed by atoms with E-state index in [1.807, 2.05) is 0 Å². The molecule has 0 saturated carbocycles. The smallest absolute Gasteiger partial charge is 0.423 e. The molecule has 0 aliphatic rings. The van der Waals surface area contributed by atoms with E-state index >= 15 is 0 Å². The zero-order valence-electron chi connectivity index (χ0n) is 3.73. The number of hydrogen-bond donors (Lipinski definition) is 0. The van der Waals surface area contributed by atoms with E-state index in [0.717, 1.165) is 0 Å². The summed E-state index contributed by atoms with van der Waals surface area (Å²) in [6.45, 7) is 0. The molecule has 0 aromatic heterocycles. The van der Waals surface area contributed by atoms with Gasteiger partial charge in [0.1, 0.15) is 14.1 Å². The standard InChI is InChI=1S/C3H6NO.ClH/c1-4(2)3-5;/h1-2H3;1H/q+1;/p-1. The summed E-state index contributed by atoms with van der Waals surface area (Å²) in [5.41, 5.74) is 0. The molecule has 6 heavy (non-hydrogen) atoms. The Kier molecular flexibility index (Phi) is 7.15. The van der Waals surface area contributed by atoms with Gasteiger partial charge in [-0.25, -0.2) is 0 Å². The number of carbonyl (C=O) groups excluding carboxylic acids is 1. The van der Waals surface area contributed by atoms with Gasteiger partial charge in [-0.05, 0) is 0 Å². The van der Waals surface area contributed by atoms with Crippen molar-refractivity contribution in [2.24, 2.45) is 0 Å². The summed E-state index contributed by atoms with van der Waals surface area (Å²) in [6, 6.07) is 0. The van der Waals surface area contributed by atoms with E-state index in [1.165, 1.54) is 4.58 Å². The fraction of sp³-hybridized carbons (Fsp3) is 0.667. The molecule has 0 spiro atoms. The third-order valence-corrected chi connectivity index (χ3v) is 0.183. The number of isocyanates is 1. The Labute approximate surface area is 42.9 Å². The zero-order valence-corrected chi connectivity index (χ0v) is 4.49. The molecule has 0 aliphatic heterocycles. The van der Waals surface area contributed by atoms with Gasteiger partial charge in [-0.1, -0.05) is 0 Å². The molecule has 0 aromatic carbocycles. The molecule has 0 heterocycles. The van der Waals surface area contributed by atoms with Gasteiger partial charge in [-0.2, -0.15) is 9.37 Å². The quantitative estimate of drug-likeness (QED) is 0.180. The van der Waals surface area contributed by atoms with Crippen molar-refractivity contribution in [2.45, 2.75) is 0 Å². The van der Waals surface area contributed by atoms with E-state index in [2.05, 4.69) is 0 Å². The Morgan fingerprint density at radius 2 is 1.67 bits per heavy atom. The Morgan fingerprint density at radius 3 is 1.67 bits per heavy atom. The summed E-state index contributed by atoms with van der Waals surface area (Å²) in [7, 11) is 3.26. The average Bonchev–Trinajstić information content (AvgIpc) is 1.38. The van der Waals surface area contributed by atoms with Crippen LogP contribution in [0.1, 0.15) is 0 Å². The monoisotopic (exact) mass is 107 g/mol. The van der Waals surface area contributed by atoms with Crippen molar-refractivity contribution in [3.05, 3.63) is 0 Å². The van der Waals surface area contributed by atoms with Crippen LogP contribution in [-0.4, -0.2) is 24.8 Å². The fourth-order valence-corrected chi connectivity index (χ4v) is 0. The highest BCUT2D eigenvalue weighted by Crippen LogP contribution is 1.35. The Morgan fingerprint density at radius 1 is 1.50 bits per heavy atom. The summed E-state index contributed by atoms with van der Waals surface area (Å²) in [5, 5.41) is 0. The van der Waals surface area contributed by atoms with Crippen molar-refractivity contribution in [1.29, 1.82) is 0 Å². The second kappa shape index (κ2) is 4.67. The SMILES string of the molecule is C[N+](C)=C=O.[Cl-]. The molecule has 0 unspecified atom stereocenters. The molecule has 3 heteroatoms. The molecule has 0 saturated heterocycles. The molecule has 2 nitrogen and oxygen atoms in total. The number of rotatable bonds is 0. The summed E-state index contributed by atoms with van der Waals surface area (Å²) < 4.78 is 1.32. The first kappa shape index (κ1) is 9.18. The molecular weight excluding hydrogens is 101 g/mol. The van der Waals surface area contributed by atoms with Crippen LogP contribution in [0.25, 0.3) is 0 Å². The maximum Gasteiger partial charge on any atom is 0.423 e. The highest BCUT2D eigenvalue weighted by molar-refractivity contribution is 5.24. The highest BCUT2D eigenvalue weighted by Gasteiger charge is 1.67. The van der Waals surface area contributed by atoms with Crippen LogP contribution in [0, 0.1) is 0 Å². The third-order valence-electron chi connectivity index (χ3n) is 0.183. The van der Waals surface area contributed by atoms with Gasteiger partial charge < -0.3 is 12.4 Å². The van der Waals surface area contributed by atoms with Crippen LogP contribution in [-0.2, 0) is 4.79 Å². The largest absolute Gasteiger partial charge is 1.00 e. The minimum Gasteiger partial charge on any atom is -1.00 e. The molecule has 0 radical (unpaired) electrons. The lowest BCUT2D eigenvalue weighted by Gasteiger charge is -1.60. The van der Waals surface area contributed by atoms with E-state index < -0.39 is 0 Å². The topological polar surface area (TPSA) is 20.1 Å². The van der Waals surface area contributed by atoms with Crippen LogP contribution in [0.15, 0.2) is 0 Å². The van der Waals surface area contributed by atoms with Crippen LogP contribution in [0.3, 0.4) is 0 Å². The fourth-order valence-electron chi connectivity index (χ4n) is 0. The first-order valence-electron chi connectivity index (χ1n) is 1.32. The summed E-state index contributed by atoms with van der Waals surface area (Å²) >= 11 is 0. The second-order valence-corrected chi connectivity index (χ2v) is 0.986. The predicted octanol–water partition coefficient (Wildman–Crippen LogP) is -3.40. The lowest BCUT2D eigenvalue weighted by Crippen LogP contribution is -3.00. The second-order valence-electron chi connectivity index (χ2n) is 0.986. The Bertz CT molecular complexity index is 70.9. The maximum atomic E-state index is 9.31. The van der Waals surface area contributed by atoms with Crippen molar-refractivity contribution in [1.82, 2.24) is 0 Å². The first-order chi connectivity index (χ1) is 2.27. The van der Waals surface area contributed by atoms with Crippen LogP contribution in [0.2, 0.25) is 0 Å². The van der Waals surface area contributed by atoms with E-state index in [9.17, 15) is 4.79 Å². The molecule has 0 aliphatic carbocycles.